The van der Waals surface area contributed by atoms with Crippen LogP contribution >= 0.6 is 11.6 Å². The van der Waals surface area contributed by atoms with Crippen LogP contribution in [0.15, 0.2) is 24.3 Å². The molecule has 2 aromatic rings. The van der Waals surface area contributed by atoms with Gasteiger partial charge in [-0.25, -0.2) is 9.36 Å². The Balaban J connectivity index is 2.95. The monoisotopic (exact) mass is 209 g/mol. The van der Waals surface area contributed by atoms with Crippen LogP contribution in [0.25, 0.3) is 10.9 Å². The molecule has 1 aromatic heterocycles. The van der Waals surface area contributed by atoms with Gasteiger partial charge in [0.2, 0.25) is 0 Å². The van der Waals surface area contributed by atoms with Gasteiger partial charge in [0, 0.05) is 11.1 Å². The number of carbonyl (C=O) groups is 1. The molecule has 0 atom stereocenters. The number of hydrogen-bond acceptors (Lipinski definition) is 1. The van der Waals surface area contributed by atoms with Crippen LogP contribution < -0.4 is 0 Å². The maximum atomic E-state index is 11.0. The molecule has 72 valence electrons. The Morgan fingerprint density at radius 2 is 2.07 bits per heavy atom. The third kappa shape index (κ3) is 1.09. The second-order valence-corrected chi connectivity index (χ2v) is 3.41. The average Bonchev–Trinajstić information content (AvgIpc) is 2.41. The highest BCUT2D eigenvalue weighted by Crippen LogP contribution is 2.29. The molecule has 0 bridgehead atoms. The van der Waals surface area contributed by atoms with Gasteiger partial charge in [0.05, 0.1) is 10.5 Å². The molecule has 0 spiro atoms. The number of para-hydroxylation sites is 1. The van der Waals surface area contributed by atoms with Crippen LogP contribution in [0.5, 0.6) is 0 Å². The summed E-state index contributed by atoms with van der Waals surface area (Å²) in [7, 11) is 0. The maximum Gasteiger partial charge on any atom is 0.416 e. The minimum absolute atomic E-state index is 0.503. The molecule has 0 saturated heterocycles. The Hall–Kier alpha value is -1.48. The van der Waals surface area contributed by atoms with Crippen molar-refractivity contribution in [3.05, 3.63) is 35.0 Å². The summed E-state index contributed by atoms with van der Waals surface area (Å²) < 4.78 is 1.19. The second-order valence-electron chi connectivity index (χ2n) is 3.03. The quantitative estimate of drug-likeness (QED) is 0.724. The Morgan fingerprint density at radius 3 is 2.71 bits per heavy atom. The Bertz CT molecular complexity index is 516. The number of hydrogen-bond donors (Lipinski definition) is 1. The fourth-order valence-electron chi connectivity index (χ4n) is 1.57. The molecule has 0 aliphatic rings. The first kappa shape index (κ1) is 9.09. The van der Waals surface area contributed by atoms with E-state index in [9.17, 15) is 4.79 Å². The first-order valence-electron chi connectivity index (χ1n) is 4.11. The summed E-state index contributed by atoms with van der Waals surface area (Å²) in [5.74, 6) is 0. The first-order valence-corrected chi connectivity index (χ1v) is 4.49. The summed E-state index contributed by atoms with van der Waals surface area (Å²) in [6.07, 6.45) is -1.01. The van der Waals surface area contributed by atoms with Crippen LogP contribution in [0.3, 0.4) is 0 Å². The summed E-state index contributed by atoms with van der Waals surface area (Å²) >= 11 is 6.01. The fourth-order valence-corrected chi connectivity index (χ4v) is 1.82. The molecule has 0 unspecified atom stereocenters. The molecule has 0 fully saturated rings. The molecule has 1 heterocycles. The summed E-state index contributed by atoms with van der Waals surface area (Å²) in [5.41, 5.74) is 1.18. The molecule has 1 N–H and O–H groups in total. The van der Waals surface area contributed by atoms with E-state index in [1.54, 1.807) is 19.1 Å². The number of nitrogens with zero attached hydrogens (tertiary/aromatic N) is 1. The van der Waals surface area contributed by atoms with E-state index in [0.717, 1.165) is 5.39 Å². The van der Waals surface area contributed by atoms with Crippen molar-refractivity contribution < 1.29 is 9.90 Å². The highest BCUT2D eigenvalue weighted by atomic mass is 35.5. The van der Waals surface area contributed by atoms with Gasteiger partial charge in [0.1, 0.15) is 0 Å². The normalized spacial score (nSPS) is 10.7. The van der Waals surface area contributed by atoms with E-state index in [-0.39, 0.29) is 0 Å². The molecule has 0 saturated carbocycles. The summed E-state index contributed by atoms with van der Waals surface area (Å²) in [6, 6.07) is 7.17. The lowest BCUT2D eigenvalue weighted by Crippen LogP contribution is -2.08. The van der Waals surface area contributed by atoms with E-state index in [1.165, 1.54) is 4.57 Å². The number of rotatable bonds is 0. The molecule has 0 aliphatic carbocycles. The minimum atomic E-state index is -1.01. The van der Waals surface area contributed by atoms with Crippen LogP contribution in [0.2, 0.25) is 5.02 Å². The predicted molar refractivity (Wildman–Crippen MR) is 55.1 cm³/mol. The standard InChI is InChI=1S/C10H8ClNO2/c1-6-9(11)7-4-2-3-5-8(7)12(6)10(13)14/h2-5H,1H3,(H,13,14). The molecular formula is C10H8ClNO2. The zero-order valence-corrected chi connectivity index (χ0v) is 8.25. The van der Waals surface area contributed by atoms with Crippen molar-refractivity contribution in [2.24, 2.45) is 0 Å². The Labute approximate surface area is 85.5 Å². The van der Waals surface area contributed by atoms with E-state index in [0.29, 0.717) is 16.2 Å². The van der Waals surface area contributed by atoms with Crippen LogP contribution in [-0.2, 0) is 0 Å². The SMILES string of the molecule is Cc1c(Cl)c2ccccc2n1C(=O)O. The second kappa shape index (κ2) is 3.03. The Kier molecular flexibility index (Phi) is 1.97. The van der Waals surface area contributed by atoms with E-state index >= 15 is 0 Å². The lowest BCUT2D eigenvalue weighted by Gasteiger charge is -1.99. The zero-order valence-electron chi connectivity index (χ0n) is 7.49. The summed E-state index contributed by atoms with van der Waals surface area (Å²) in [6.45, 7) is 1.69. The van der Waals surface area contributed by atoms with Gasteiger partial charge in [0.15, 0.2) is 0 Å². The van der Waals surface area contributed by atoms with Crippen molar-refractivity contribution in [3.63, 3.8) is 0 Å². The maximum absolute atomic E-state index is 11.0. The predicted octanol–water partition coefficient (Wildman–Crippen LogP) is 3.13. The third-order valence-electron chi connectivity index (χ3n) is 2.23. The van der Waals surface area contributed by atoms with E-state index in [1.807, 2.05) is 12.1 Å². The lowest BCUT2D eigenvalue weighted by molar-refractivity contribution is 0.197. The Morgan fingerprint density at radius 1 is 1.43 bits per heavy atom. The van der Waals surface area contributed by atoms with Gasteiger partial charge in [-0.2, -0.15) is 0 Å². The van der Waals surface area contributed by atoms with Crippen LogP contribution in [0.1, 0.15) is 5.69 Å². The molecule has 0 aliphatic heterocycles. The minimum Gasteiger partial charge on any atom is -0.464 e. The van der Waals surface area contributed by atoms with Gasteiger partial charge in [-0.15, -0.1) is 0 Å². The van der Waals surface area contributed by atoms with Gasteiger partial charge >= 0.3 is 6.09 Å². The van der Waals surface area contributed by atoms with Gasteiger partial charge in [-0.3, -0.25) is 0 Å². The van der Waals surface area contributed by atoms with Gasteiger partial charge < -0.3 is 5.11 Å². The molecular weight excluding hydrogens is 202 g/mol. The smallest absolute Gasteiger partial charge is 0.416 e. The van der Waals surface area contributed by atoms with Crippen molar-refractivity contribution in [1.82, 2.24) is 4.57 Å². The first-order chi connectivity index (χ1) is 6.63. The molecule has 2 rings (SSSR count). The van der Waals surface area contributed by atoms with Gasteiger partial charge in [-0.05, 0) is 13.0 Å². The van der Waals surface area contributed by atoms with Gasteiger partial charge in [-0.1, -0.05) is 29.8 Å². The topological polar surface area (TPSA) is 42.2 Å². The highest BCUT2D eigenvalue weighted by molar-refractivity contribution is 6.36. The molecule has 3 nitrogen and oxygen atoms in total. The lowest BCUT2D eigenvalue weighted by atomic mass is 10.2. The molecule has 4 heteroatoms. The third-order valence-corrected chi connectivity index (χ3v) is 2.70. The number of fused-ring (bicyclic) bond motifs is 1. The van der Waals surface area contributed by atoms with Gasteiger partial charge in [0.25, 0.3) is 0 Å². The highest BCUT2D eigenvalue weighted by Gasteiger charge is 2.15. The average molecular weight is 210 g/mol. The number of benzene rings is 1. The number of halogens is 1. The van der Waals surface area contributed by atoms with Crippen molar-refractivity contribution in [1.29, 1.82) is 0 Å². The van der Waals surface area contributed by atoms with E-state index < -0.39 is 6.09 Å². The molecule has 0 radical (unpaired) electrons. The molecule has 0 amide bonds. The van der Waals surface area contributed by atoms with E-state index in [4.69, 9.17) is 16.7 Å². The molecule has 1 aromatic carbocycles. The number of aromatic nitrogens is 1. The fraction of sp³-hybridized carbons (Fsp3) is 0.100. The van der Waals surface area contributed by atoms with Crippen LogP contribution in [0.4, 0.5) is 4.79 Å². The van der Waals surface area contributed by atoms with E-state index in [2.05, 4.69) is 0 Å². The molecule has 14 heavy (non-hydrogen) atoms. The van der Waals surface area contributed by atoms with Crippen LogP contribution in [0, 0.1) is 6.92 Å². The largest absolute Gasteiger partial charge is 0.464 e. The zero-order chi connectivity index (χ0) is 10.3. The number of carboxylic acid groups (broad SMARTS) is 1. The van der Waals surface area contributed by atoms with Crippen LogP contribution in [-0.4, -0.2) is 15.8 Å². The van der Waals surface area contributed by atoms with Crippen molar-refractivity contribution in [3.8, 4) is 0 Å². The van der Waals surface area contributed by atoms with Crippen molar-refractivity contribution >= 4 is 28.6 Å². The van der Waals surface area contributed by atoms with Crippen molar-refractivity contribution in [2.45, 2.75) is 6.92 Å². The van der Waals surface area contributed by atoms with Crippen molar-refractivity contribution in [2.75, 3.05) is 0 Å². The summed E-state index contributed by atoms with van der Waals surface area (Å²) in [4.78, 5) is 11.0. The summed E-state index contributed by atoms with van der Waals surface area (Å²) in [5, 5.41) is 10.3.